The van der Waals surface area contributed by atoms with Crippen LogP contribution in [-0.4, -0.2) is 4.98 Å². The quantitative estimate of drug-likeness (QED) is 0.626. The first kappa shape index (κ1) is 7.29. The van der Waals surface area contributed by atoms with Gasteiger partial charge in [0.25, 0.3) is 0 Å². The van der Waals surface area contributed by atoms with Gasteiger partial charge in [-0.05, 0) is 18.8 Å². The highest BCUT2D eigenvalue weighted by molar-refractivity contribution is 7.09. The fourth-order valence-electron chi connectivity index (χ4n) is 1.84. The van der Waals surface area contributed by atoms with Crippen molar-refractivity contribution < 1.29 is 0 Å². The van der Waals surface area contributed by atoms with Gasteiger partial charge in [-0.2, -0.15) is 0 Å². The summed E-state index contributed by atoms with van der Waals surface area (Å²) in [5.41, 5.74) is 3.38. The normalized spacial score (nSPS) is 22.6. The van der Waals surface area contributed by atoms with Crippen LogP contribution in [0.15, 0.2) is 5.51 Å². The van der Waals surface area contributed by atoms with E-state index in [1.165, 1.54) is 23.4 Å². The Morgan fingerprint density at radius 2 is 2.45 bits per heavy atom. The van der Waals surface area contributed by atoms with E-state index in [-0.39, 0.29) is 0 Å². The van der Waals surface area contributed by atoms with Crippen molar-refractivity contribution in [3.63, 3.8) is 0 Å². The third-order valence-corrected chi connectivity index (χ3v) is 3.42. The lowest BCUT2D eigenvalue weighted by atomic mass is 9.94. The molecule has 0 spiro atoms. The van der Waals surface area contributed by atoms with Crippen LogP contribution in [0.3, 0.4) is 0 Å². The van der Waals surface area contributed by atoms with Crippen LogP contribution in [0.5, 0.6) is 0 Å². The highest BCUT2D eigenvalue weighted by Gasteiger charge is 2.27. The lowest BCUT2D eigenvalue weighted by molar-refractivity contribution is 0.487. The van der Waals surface area contributed by atoms with Gasteiger partial charge in [0, 0.05) is 10.8 Å². The van der Waals surface area contributed by atoms with Crippen molar-refractivity contribution in [3.05, 3.63) is 16.1 Å². The summed E-state index contributed by atoms with van der Waals surface area (Å²) in [6.07, 6.45) is 2.59. The Kier molecular flexibility index (Phi) is 1.72. The molecule has 0 aliphatic heterocycles. The summed E-state index contributed by atoms with van der Waals surface area (Å²) < 4.78 is 0. The molecule has 1 heterocycles. The number of aromatic nitrogens is 1. The lowest BCUT2D eigenvalue weighted by Crippen LogP contribution is -2.02. The van der Waals surface area contributed by atoms with Gasteiger partial charge >= 0.3 is 0 Å². The van der Waals surface area contributed by atoms with Crippen molar-refractivity contribution in [2.75, 3.05) is 0 Å². The van der Waals surface area contributed by atoms with E-state index in [9.17, 15) is 0 Å². The molecular formula is C9H13NS. The Bertz CT molecular complexity index is 252. The zero-order valence-electron chi connectivity index (χ0n) is 7.00. The second-order valence-corrected chi connectivity index (χ2v) is 4.49. The van der Waals surface area contributed by atoms with Crippen LogP contribution in [0.25, 0.3) is 0 Å². The molecule has 0 saturated carbocycles. The Hall–Kier alpha value is -0.370. The second-order valence-electron chi connectivity index (χ2n) is 3.55. The molecule has 0 N–H and O–H groups in total. The van der Waals surface area contributed by atoms with Crippen LogP contribution in [0.4, 0.5) is 0 Å². The molecule has 2 rings (SSSR count). The highest BCUT2D eigenvalue weighted by atomic mass is 32.1. The van der Waals surface area contributed by atoms with Gasteiger partial charge in [0.2, 0.25) is 0 Å². The average Bonchev–Trinajstić information content (AvgIpc) is 2.41. The summed E-state index contributed by atoms with van der Waals surface area (Å²) in [4.78, 5) is 5.95. The van der Waals surface area contributed by atoms with E-state index in [0.717, 1.165) is 11.8 Å². The van der Waals surface area contributed by atoms with E-state index in [1.807, 2.05) is 16.8 Å². The van der Waals surface area contributed by atoms with E-state index < -0.39 is 0 Å². The molecule has 60 valence electrons. The highest BCUT2D eigenvalue weighted by Crippen LogP contribution is 2.38. The molecule has 1 aromatic rings. The molecule has 0 fully saturated rings. The largest absolute Gasteiger partial charge is 0.249 e. The number of rotatable bonds is 1. The summed E-state index contributed by atoms with van der Waals surface area (Å²) in [7, 11) is 0. The van der Waals surface area contributed by atoms with Crippen LogP contribution < -0.4 is 0 Å². The molecule has 2 heteroatoms. The Morgan fingerprint density at radius 3 is 3.18 bits per heavy atom. The van der Waals surface area contributed by atoms with Crippen LogP contribution in [0.2, 0.25) is 0 Å². The monoisotopic (exact) mass is 167 g/mol. The fourth-order valence-corrected chi connectivity index (χ4v) is 2.70. The van der Waals surface area contributed by atoms with Crippen LogP contribution in [0.1, 0.15) is 36.8 Å². The Balaban J connectivity index is 2.31. The molecule has 11 heavy (non-hydrogen) atoms. The van der Waals surface area contributed by atoms with Crippen molar-refractivity contribution >= 4 is 11.3 Å². The zero-order chi connectivity index (χ0) is 7.84. The summed E-state index contributed by atoms with van der Waals surface area (Å²) in [5.74, 6) is 1.51. The maximum absolute atomic E-state index is 4.42. The van der Waals surface area contributed by atoms with Crippen LogP contribution >= 0.6 is 11.3 Å². The van der Waals surface area contributed by atoms with Crippen molar-refractivity contribution in [1.29, 1.82) is 0 Å². The van der Waals surface area contributed by atoms with E-state index >= 15 is 0 Å². The zero-order valence-corrected chi connectivity index (χ0v) is 7.82. The molecule has 1 nitrogen and oxygen atoms in total. The van der Waals surface area contributed by atoms with Gasteiger partial charge in [-0.15, -0.1) is 11.3 Å². The van der Waals surface area contributed by atoms with Gasteiger partial charge in [0.05, 0.1) is 11.2 Å². The van der Waals surface area contributed by atoms with Crippen molar-refractivity contribution in [1.82, 2.24) is 4.98 Å². The molecule has 0 saturated heterocycles. The molecule has 0 amide bonds. The molecule has 1 atom stereocenters. The number of nitrogens with zero attached hydrogens (tertiary/aromatic N) is 1. The Labute approximate surface area is 71.5 Å². The predicted octanol–water partition coefficient (Wildman–Crippen LogP) is 2.83. The van der Waals surface area contributed by atoms with E-state index in [1.54, 1.807) is 0 Å². The molecule has 0 radical (unpaired) electrons. The average molecular weight is 167 g/mol. The van der Waals surface area contributed by atoms with Gasteiger partial charge in [0.15, 0.2) is 0 Å². The SMILES string of the molecule is CC(C)C1CCc2scnc21. The molecule has 0 bridgehead atoms. The third-order valence-electron chi connectivity index (χ3n) is 2.51. The van der Waals surface area contributed by atoms with Crippen molar-refractivity contribution in [2.45, 2.75) is 32.6 Å². The minimum Gasteiger partial charge on any atom is -0.249 e. The molecule has 1 unspecified atom stereocenters. The van der Waals surface area contributed by atoms with Crippen LogP contribution in [-0.2, 0) is 6.42 Å². The van der Waals surface area contributed by atoms with Crippen molar-refractivity contribution in [2.24, 2.45) is 5.92 Å². The standard InChI is InChI=1S/C9H13NS/c1-6(2)7-3-4-8-9(7)10-5-11-8/h5-7H,3-4H2,1-2H3. The summed E-state index contributed by atoms with van der Waals surface area (Å²) >= 11 is 1.82. The maximum Gasteiger partial charge on any atom is 0.0797 e. The first-order valence-corrected chi connectivity index (χ1v) is 5.09. The van der Waals surface area contributed by atoms with Crippen LogP contribution in [0, 0.1) is 5.92 Å². The lowest BCUT2D eigenvalue weighted by Gasteiger charge is -2.12. The minimum atomic E-state index is 0.747. The van der Waals surface area contributed by atoms with Gasteiger partial charge in [-0.25, -0.2) is 4.98 Å². The third kappa shape index (κ3) is 1.09. The molecule has 1 aliphatic rings. The second kappa shape index (κ2) is 2.59. The number of hydrogen-bond donors (Lipinski definition) is 0. The van der Waals surface area contributed by atoms with E-state index in [0.29, 0.717) is 0 Å². The minimum absolute atomic E-state index is 0.747. The Morgan fingerprint density at radius 1 is 1.64 bits per heavy atom. The number of fused-ring (bicyclic) bond motifs is 1. The van der Waals surface area contributed by atoms with E-state index in [2.05, 4.69) is 18.8 Å². The predicted molar refractivity (Wildman–Crippen MR) is 48.0 cm³/mol. The fraction of sp³-hybridized carbons (Fsp3) is 0.667. The van der Waals surface area contributed by atoms with Gasteiger partial charge in [0.1, 0.15) is 0 Å². The molecular weight excluding hydrogens is 154 g/mol. The first-order valence-electron chi connectivity index (χ1n) is 4.21. The van der Waals surface area contributed by atoms with Gasteiger partial charge < -0.3 is 0 Å². The number of aryl methyl sites for hydroxylation is 1. The maximum atomic E-state index is 4.42. The molecule has 1 aromatic heterocycles. The summed E-state index contributed by atoms with van der Waals surface area (Å²) in [6, 6.07) is 0. The van der Waals surface area contributed by atoms with E-state index in [4.69, 9.17) is 0 Å². The smallest absolute Gasteiger partial charge is 0.0797 e. The molecule has 0 aromatic carbocycles. The van der Waals surface area contributed by atoms with Gasteiger partial charge in [-0.3, -0.25) is 0 Å². The summed E-state index contributed by atoms with van der Waals surface area (Å²) in [5, 5.41) is 0. The van der Waals surface area contributed by atoms with Crippen molar-refractivity contribution in [3.8, 4) is 0 Å². The molecule has 1 aliphatic carbocycles. The number of hydrogen-bond acceptors (Lipinski definition) is 2. The first-order chi connectivity index (χ1) is 5.29. The van der Waals surface area contributed by atoms with Gasteiger partial charge in [-0.1, -0.05) is 13.8 Å². The summed E-state index contributed by atoms with van der Waals surface area (Å²) in [6.45, 7) is 4.58. The topological polar surface area (TPSA) is 12.9 Å². The number of thiazole rings is 1.